The lowest BCUT2D eigenvalue weighted by atomic mass is 10.1. The molecule has 7 nitrogen and oxygen atoms in total. The Hall–Kier alpha value is -3.39. The molecule has 0 saturated carbocycles. The minimum Gasteiger partial charge on any atom is -0.506 e. The van der Waals surface area contributed by atoms with E-state index < -0.39 is 5.97 Å². The monoisotopic (exact) mass is 455 g/mol. The number of aromatic hydroxyl groups is 1. The molecule has 1 aliphatic heterocycles. The maximum absolute atomic E-state index is 12.5. The van der Waals surface area contributed by atoms with E-state index in [0.717, 1.165) is 17.5 Å². The van der Waals surface area contributed by atoms with Crippen molar-refractivity contribution in [1.82, 2.24) is 0 Å². The standard InChI is InChI=1S/C24H25NO6S/c1-4-29-17-10-8-16(9-11-17)25-23-21(24(28)31-6-3)22(27)20(32-23)14-15-7-12-18(26)19(13-15)30-5-2/h7-14,26-27H,4-6H2,1-3H3. The fourth-order valence-electron chi connectivity index (χ4n) is 2.94. The summed E-state index contributed by atoms with van der Waals surface area (Å²) < 4.78 is 16.0. The van der Waals surface area contributed by atoms with Crippen LogP contribution in [0.4, 0.5) is 5.69 Å². The van der Waals surface area contributed by atoms with Gasteiger partial charge in [-0.3, -0.25) is 0 Å². The summed E-state index contributed by atoms with van der Waals surface area (Å²) in [5.41, 5.74) is 1.31. The first-order valence-electron chi connectivity index (χ1n) is 10.2. The van der Waals surface area contributed by atoms with Crippen LogP contribution in [0.2, 0.25) is 0 Å². The van der Waals surface area contributed by atoms with Gasteiger partial charge >= 0.3 is 5.97 Å². The van der Waals surface area contributed by atoms with Gasteiger partial charge in [-0.05, 0) is 68.8 Å². The summed E-state index contributed by atoms with van der Waals surface area (Å²) in [4.78, 5) is 17.5. The Kier molecular flexibility index (Phi) is 7.83. The van der Waals surface area contributed by atoms with Gasteiger partial charge in [0.05, 0.1) is 30.4 Å². The normalized spacial score (nSPS) is 16.0. The van der Waals surface area contributed by atoms with Crippen LogP contribution in [0.5, 0.6) is 17.2 Å². The quantitative estimate of drug-likeness (QED) is 0.516. The number of nitrogens with zero attached hydrogens (tertiary/aromatic N) is 1. The second-order valence-corrected chi connectivity index (χ2v) is 7.59. The van der Waals surface area contributed by atoms with Crippen molar-refractivity contribution in [3.63, 3.8) is 0 Å². The molecule has 0 unspecified atom stereocenters. The second kappa shape index (κ2) is 10.8. The number of thioether (sulfide) groups is 1. The van der Waals surface area contributed by atoms with Crippen molar-refractivity contribution in [2.75, 3.05) is 19.8 Å². The van der Waals surface area contributed by atoms with E-state index in [4.69, 9.17) is 14.2 Å². The van der Waals surface area contributed by atoms with Gasteiger partial charge < -0.3 is 24.4 Å². The Labute approximate surface area is 191 Å². The molecule has 0 amide bonds. The van der Waals surface area contributed by atoms with E-state index >= 15 is 0 Å². The number of phenolic OH excluding ortho intramolecular Hbond substituents is 1. The maximum atomic E-state index is 12.5. The Bertz CT molecular complexity index is 1070. The number of aliphatic imine (C=N–C) groups is 1. The average Bonchev–Trinajstić information content (AvgIpc) is 3.07. The van der Waals surface area contributed by atoms with Crippen LogP contribution in [-0.2, 0) is 9.53 Å². The molecule has 2 aromatic carbocycles. The van der Waals surface area contributed by atoms with E-state index in [1.165, 1.54) is 6.07 Å². The van der Waals surface area contributed by atoms with Gasteiger partial charge in [0.1, 0.15) is 22.1 Å². The van der Waals surface area contributed by atoms with E-state index in [0.29, 0.717) is 40.2 Å². The van der Waals surface area contributed by atoms with E-state index in [1.54, 1.807) is 49.4 Å². The molecule has 8 heteroatoms. The first-order chi connectivity index (χ1) is 15.5. The lowest BCUT2D eigenvalue weighted by Gasteiger charge is -2.07. The van der Waals surface area contributed by atoms with E-state index in [2.05, 4.69) is 4.99 Å². The van der Waals surface area contributed by atoms with Crippen molar-refractivity contribution in [3.8, 4) is 17.2 Å². The van der Waals surface area contributed by atoms with E-state index in [-0.39, 0.29) is 23.7 Å². The van der Waals surface area contributed by atoms with Gasteiger partial charge in [0, 0.05) is 0 Å². The van der Waals surface area contributed by atoms with Gasteiger partial charge in [-0.15, -0.1) is 0 Å². The van der Waals surface area contributed by atoms with Gasteiger partial charge in [0.2, 0.25) is 0 Å². The van der Waals surface area contributed by atoms with Crippen molar-refractivity contribution in [2.24, 2.45) is 4.99 Å². The molecule has 0 radical (unpaired) electrons. The van der Waals surface area contributed by atoms with E-state index in [9.17, 15) is 15.0 Å². The second-order valence-electron chi connectivity index (χ2n) is 6.56. The van der Waals surface area contributed by atoms with Crippen LogP contribution in [0.25, 0.3) is 6.08 Å². The molecule has 168 valence electrons. The molecule has 0 spiro atoms. The largest absolute Gasteiger partial charge is 0.506 e. The number of aliphatic hydroxyl groups is 1. The van der Waals surface area contributed by atoms with Crippen molar-refractivity contribution >= 4 is 34.5 Å². The fourth-order valence-corrected chi connectivity index (χ4v) is 3.97. The lowest BCUT2D eigenvalue weighted by Crippen LogP contribution is -2.12. The highest BCUT2D eigenvalue weighted by Crippen LogP contribution is 2.41. The van der Waals surface area contributed by atoms with Gasteiger partial charge in [-0.2, -0.15) is 0 Å². The molecule has 0 atom stereocenters. The van der Waals surface area contributed by atoms with Crippen molar-refractivity contribution < 1.29 is 29.2 Å². The number of hydrogen-bond acceptors (Lipinski definition) is 8. The number of benzene rings is 2. The van der Waals surface area contributed by atoms with Gasteiger partial charge in [0.15, 0.2) is 11.5 Å². The number of carbonyl (C=O) groups is 1. The molecule has 1 aliphatic rings. The number of aliphatic hydroxyl groups excluding tert-OH is 1. The number of ether oxygens (including phenoxy) is 3. The maximum Gasteiger partial charge on any atom is 0.344 e. The summed E-state index contributed by atoms with van der Waals surface area (Å²) in [6.45, 7) is 6.56. The van der Waals surface area contributed by atoms with Crippen molar-refractivity contribution in [1.29, 1.82) is 0 Å². The predicted molar refractivity (Wildman–Crippen MR) is 126 cm³/mol. The highest BCUT2D eigenvalue weighted by atomic mass is 32.2. The topological polar surface area (TPSA) is 97.6 Å². The van der Waals surface area contributed by atoms with Gasteiger partial charge in [0.25, 0.3) is 0 Å². The van der Waals surface area contributed by atoms with Crippen LogP contribution in [-0.4, -0.2) is 41.0 Å². The Morgan fingerprint density at radius 2 is 1.72 bits per heavy atom. The number of carbonyl (C=O) groups excluding carboxylic acids is 1. The van der Waals surface area contributed by atoms with Crippen molar-refractivity contribution in [3.05, 3.63) is 64.3 Å². The Morgan fingerprint density at radius 1 is 1.00 bits per heavy atom. The smallest absolute Gasteiger partial charge is 0.344 e. The summed E-state index contributed by atoms with van der Waals surface area (Å²) >= 11 is 1.16. The summed E-state index contributed by atoms with van der Waals surface area (Å²) in [5.74, 6) is 0.230. The SMILES string of the molecule is CCOC(=O)C1=C(O)C(=Cc2ccc(O)c(OCC)c2)SC1=Nc1ccc(OCC)cc1. The highest BCUT2D eigenvalue weighted by Gasteiger charge is 2.33. The molecule has 0 saturated heterocycles. The molecule has 1 heterocycles. The third-order valence-corrected chi connectivity index (χ3v) is 5.35. The van der Waals surface area contributed by atoms with Gasteiger partial charge in [-0.1, -0.05) is 17.8 Å². The summed E-state index contributed by atoms with van der Waals surface area (Å²) in [6.07, 6.45) is 1.70. The highest BCUT2D eigenvalue weighted by molar-refractivity contribution is 8.18. The zero-order valence-corrected chi connectivity index (χ0v) is 18.9. The molecule has 2 aromatic rings. The zero-order valence-electron chi connectivity index (χ0n) is 18.1. The molecule has 3 rings (SSSR count). The first-order valence-corrected chi connectivity index (χ1v) is 11.1. The molecule has 0 bridgehead atoms. The summed E-state index contributed by atoms with van der Waals surface area (Å²) in [5, 5.41) is 21.1. The van der Waals surface area contributed by atoms with Crippen LogP contribution in [0.15, 0.2) is 63.7 Å². The average molecular weight is 456 g/mol. The zero-order chi connectivity index (χ0) is 23.1. The van der Waals surface area contributed by atoms with Gasteiger partial charge in [-0.25, -0.2) is 9.79 Å². The molecule has 0 fully saturated rings. The van der Waals surface area contributed by atoms with Crippen LogP contribution in [0, 0.1) is 0 Å². The number of hydrogen-bond donors (Lipinski definition) is 2. The molecular formula is C24H25NO6S. The van der Waals surface area contributed by atoms with Crippen LogP contribution >= 0.6 is 11.8 Å². The minimum atomic E-state index is -0.647. The Morgan fingerprint density at radius 3 is 2.38 bits per heavy atom. The Balaban J connectivity index is 1.98. The van der Waals surface area contributed by atoms with Crippen LogP contribution < -0.4 is 9.47 Å². The lowest BCUT2D eigenvalue weighted by molar-refractivity contribution is -0.138. The molecular weight excluding hydrogens is 430 g/mol. The van der Waals surface area contributed by atoms with Crippen LogP contribution in [0.3, 0.4) is 0 Å². The van der Waals surface area contributed by atoms with Crippen molar-refractivity contribution in [2.45, 2.75) is 20.8 Å². The third-order valence-electron chi connectivity index (χ3n) is 4.33. The molecule has 2 N–H and O–H groups in total. The number of rotatable bonds is 8. The van der Waals surface area contributed by atoms with Crippen LogP contribution in [0.1, 0.15) is 26.3 Å². The summed E-state index contributed by atoms with van der Waals surface area (Å²) in [7, 11) is 0. The first kappa shape index (κ1) is 23.3. The molecule has 0 aliphatic carbocycles. The van der Waals surface area contributed by atoms with E-state index in [1.807, 2.05) is 13.8 Å². The number of esters is 1. The number of phenols is 1. The fraction of sp³-hybridized carbons (Fsp3) is 0.250. The summed E-state index contributed by atoms with van der Waals surface area (Å²) in [6, 6.07) is 12.0. The third kappa shape index (κ3) is 5.45. The molecule has 32 heavy (non-hydrogen) atoms. The minimum absolute atomic E-state index is 0.0146. The molecule has 0 aromatic heterocycles. The predicted octanol–water partition coefficient (Wildman–Crippen LogP) is 5.38.